The van der Waals surface area contributed by atoms with E-state index in [1.807, 2.05) is 0 Å². The minimum Gasteiger partial charge on any atom is -0.352 e. The Kier molecular flexibility index (Phi) is 7.57. The van der Waals surface area contributed by atoms with Gasteiger partial charge < -0.3 is 9.79 Å². The minimum absolute atomic E-state index is 0.917. The van der Waals surface area contributed by atoms with E-state index < -0.39 is 9.03 Å². The Morgan fingerprint density at radius 1 is 1.00 bits per heavy atom. The van der Waals surface area contributed by atoms with Gasteiger partial charge in [-0.05, 0) is 61.4 Å². The van der Waals surface area contributed by atoms with Crippen LogP contribution in [0.3, 0.4) is 0 Å². The van der Waals surface area contributed by atoms with Gasteiger partial charge in [0.2, 0.25) is 0 Å². The second-order valence-corrected chi connectivity index (χ2v) is 4.09. The zero-order valence-electron chi connectivity index (χ0n) is 10.9. The molecule has 0 amide bonds. The summed E-state index contributed by atoms with van der Waals surface area (Å²) in [6.45, 7) is 11.2. The predicted octanol–water partition coefficient (Wildman–Crippen LogP) is 3.22. The maximum atomic E-state index is 7.15. The van der Waals surface area contributed by atoms with Gasteiger partial charge >= 0.3 is 0 Å². The second kappa shape index (κ2) is 7.78. The SMILES string of the molecule is CCc1cc(C)c(C)c(CC)c1C.OPO. The molecule has 0 atom stereocenters. The maximum absolute atomic E-state index is 7.15. The highest BCUT2D eigenvalue weighted by Crippen LogP contribution is 2.22. The Morgan fingerprint density at radius 2 is 1.50 bits per heavy atom. The van der Waals surface area contributed by atoms with Crippen LogP contribution in [0.15, 0.2) is 6.07 Å². The van der Waals surface area contributed by atoms with Crippen LogP contribution in [0, 0.1) is 20.8 Å². The fourth-order valence-electron chi connectivity index (χ4n) is 2.09. The van der Waals surface area contributed by atoms with Crippen LogP contribution in [0.1, 0.15) is 41.7 Å². The molecule has 0 saturated heterocycles. The summed E-state index contributed by atoms with van der Waals surface area (Å²) >= 11 is 0. The van der Waals surface area contributed by atoms with Crippen molar-refractivity contribution in [2.45, 2.75) is 47.5 Å². The van der Waals surface area contributed by atoms with Crippen molar-refractivity contribution in [1.29, 1.82) is 0 Å². The lowest BCUT2D eigenvalue weighted by molar-refractivity contribution is 0.513. The fraction of sp³-hybridized carbons (Fsp3) is 0.538. The van der Waals surface area contributed by atoms with Crippen molar-refractivity contribution in [3.8, 4) is 0 Å². The molecule has 0 aliphatic carbocycles. The summed E-state index contributed by atoms with van der Waals surface area (Å²) in [5, 5.41) is 0. The van der Waals surface area contributed by atoms with Gasteiger partial charge in [0.15, 0.2) is 0 Å². The van der Waals surface area contributed by atoms with E-state index in [1.54, 1.807) is 5.56 Å². The third kappa shape index (κ3) is 3.86. The Morgan fingerprint density at radius 3 is 1.88 bits per heavy atom. The molecule has 1 aromatic carbocycles. The molecule has 0 saturated carbocycles. The zero-order chi connectivity index (χ0) is 12.7. The van der Waals surface area contributed by atoms with Crippen LogP contribution in [-0.4, -0.2) is 9.79 Å². The molecule has 1 aromatic rings. The van der Waals surface area contributed by atoms with Crippen molar-refractivity contribution in [3.05, 3.63) is 33.9 Å². The lowest BCUT2D eigenvalue weighted by atomic mass is 9.91. The number of rotatable bonds is 2. The molecule has 0 aromatic heterocycles. The standard InChI is InChI=1S/C13H20.H3O2P/c1-6-12-8-9(3)10(4)13(7-2)11(12)5;1-3-2/h8H,6-7H2,1-5H3;1-3H. The van der Waals surface area contributed by atoms with Gasteiger partial charge in [-0.3, -0.25) is 0 Å². The van der Waals surface area contributed by atoms with Crippen LogP contribution in [0.2, 0.25) is 0 Å². The average molecular weight is 242 g/mol. The minimum atomic E-state index is -0.917. The van der Waals surface area contributed by atoms with Gasteiger partial charge in [0.05, 0.1) is 0 Å². The third-order valence-corrected chi connectivity index (χ3v) is 3.10. The number of aryl methyl sites for hydroxylation is 2. The van der Waals surface area contributed by atoms with Crippen molar-refractivity contribution in [2.75, 3.05) is 0 Å². The molecule has 0 heterocycles. The van der Waals surface area contributed by atoms with E-state index >= 15 is 0 Å². The van der Waals surface area contributed by atoms with Crippen molar-refractivity contribution < 1.29 is 9.79 Å². The predicted molar refractivity (Wildman–Crippen MR) is 72.2 cm³/mol. The van der Waals surface area contributed by atoms with Crippen LogP contribution in [0.25, 0.3) is 0 Å². The summed E-state index contributed by atoms with van der Waals surface area (Å²) in [4.78, 5) is 14.3. The van der Waals surface area contributed by atoms with Crippen LogP contribution < -0.4 is 0 Å². The summed E-state index contributed by atoms with van der Waals surface area (Å²) in [6, 6.07) is 2.34. The van der Waals surface area contributed by atoms with Crippen molar-refractivity contribution in [1.82, 2.24) is 0 Å². The first-order valence-corrected chi connectivity index (χ1v) is 6.54. The fourth-order valence-corrected chi connectivity index (χ4v) is 2.09. The van der Waals surface area contributed by atoms with Gasteiger partial charge in [0.1, 0.15) is 9.03 Å². The molecule has 0 unspecified atom stereocenters. The molecule has 2 nitrogen and oxygen atoms in total. The smallest absolute Gasteiger partial charge is 0.149 e. The Balaban J connectivity index is 0.000000673. The highest BCUT2D eigenvalue weighted by Gasteiger charge is 2.07. The first kappa shape index (κ1) is 15.6. The normalized spacial score (nSPS) is 9.69. The summed E-state index contributed by atoms with van der Waals surface area (Å²) in [7, 11) is -0.917. The summed E-state index contributed by atoms with van der Waals surface area (Å²) in [5.41, 5.74) is 7.50. The Hall–Kier alpha value is -0.430. The van der Waals surface area contributed by atoms with Crippen molar-refractivity contribution in [2.24, 2.45) is 0 Å². The molecular formula is C13H23O2P. The molecule has 0 aliphatic heterocycles. The topological polar surface area (TPSA) is 40.5 Å². The first-order valence-electron chi connectivity index (χ1n) is 5.65. The molecule has 16 heavy (non-hydrogen) atoms. The molecule has 1 rings (SSSR count). The zero-order valence-corrected chi connectivity index (χ0v) is 11.9. The van der Waals surface area contributed by atoms with E-state index in [0.29, 0.717) is 0 Å². The van der Waals surface area contributed by atoms with Gasteiger partial charge in [-0.25, -0.2) is 0 Å². The van der Waals surface area contributed by atoms with Gasteiger partial charge in [-0.15, -0.1) is 0 Å². The quantitative estimate of drug-likeness (QED) is 0.782. The molecule has 2 N–H and O–H groups in total. The van der Waals surface area contributed by atoms with E-state index in [1.165, 1.54) is 22.3 Å². The molecule has 0 radical (unpaired) electrons. The number of hydrogen-bond acceptors (Lipinski definition) is 2. The molecule has 0 aliphatic rings. The van der Waals surface area contributed by atoms with E-state index in [-0.39, 0.29) is 0 Å². The van der Waals surface area contributed by atoms with Crippen LogP contribution >= 0.6 is 9.03 Å². The van der Waals surface area contributed by atoms with Crippen molar-refractivity contribution >= 4 is 9.03 Å². The molecule has 0 spiro atoms. The molecule has 92 valence electrons. The van der Waals surface area contributed by atoms with Crippen molar-refractivity contribution in [3.63, 3.8) is 0 Å². The molecule has 3 heteroatoms. The van der Waals surface area contributed by atoms with Crippen LogP contribution in [0.4, 0.5) is 0 Å². The van der Waals surface area contributed by atoms with Gasteiger partial charge in [-0.2, -0.15) is 0 Å². The summed E-state index contributed by atoms with van der Waals surface area (Å²) in [6.07, 6.45) is 2.31. The summed E-state index contributed by atoms with van der Waals surface area (Å²) < 4.78 is 0. The molecule has 0 bridgehead atoms. The Labute approximate surface area is 101 Å². The van der Waals surface area contributed by atoms with Crippen LogP contribution in [-0.2, 0) is 12.8 Å². The van der Waals surface area contributed by atoms with Gasteiger partial charge in [0.25, 0.3) is 0 Å². The summed E-state index contributed by atoms with van der Waals surface area (Å²) in [5.74, 6) is 0. The third-order valence-electron chi connectivity index (χ3n) is 3.10. The van der Waals surface area contributed by atoms with E-state index in [0.717, 1.165) is 12.8 Å². The second-order valence-electron chi connectivity index (χ2n) is 3.89. The average Bonchev–Trinajstić information content (AvgIpc) is 2.25. The highest BCUT2D eigenvalue weighted by molar-refractivity contribution is 7.23. The first-order chi connectivity index (χ1) is 7.53. The molecule has 0 fully saturated rings. The Bertz CT molecular complexity index is 335. The lowest BCUT2D eigenvalue weighted by Crippen LogP contribution is -1.99. The number of benzene rings is 1. The van der Waals surface area contributed by atoms with E-state index in [4.69, 9.17) is 9.79 Å². The van der Waals surface area contributed by atoms with Crippen LogP contribution in [0.5, 0.6) is 0 Å². The maximum Gasteiger partial charge on any atom is 0.149 e. The lowest BCUT2D eigenvalue weighted by Gasteiger charge is -2.14. The highest BCUT2D eigenvalue weighted by atomic mass is 31.1. The van der Waals surface area contributed by atoms with E-state index in [9.17, 15) is 0 Å². The van der Waals surface area contributed by atoms with E-state index in [2.05, 4.69) is 40.7 Å². The van der Waals surface area contributed by atoms with Gasteiger partial charge in [0, 0.05) is 0 Å². The largest absolute Gasteiger partial charge is 0.352 e. The monoisotopic (exact) mass is 242 g/mol. The molecular weight excluding hydrogens is 219 g/mol. The van der Waals surface area contributed by atoms with Gasteiger partial charge in [-0.1, -0.05) is 19.9 Å². The number of hydrogen-bond donors (Lipinski definition) is 2.